The number of hydrogen-bond acceptors (Lipinski definition) is 4. The second-order valence-electron chi connectivity index (χ2n) is 7.38. The average Bonchev–Trinajstić information content (AvgIpc) is 3.33. The molecule has 0 spiro atoms. The highest BCUT2D eigenvalue weighted by molar-refractivity contribution is 7.89. The Kier molecular flexibility index (Phi) is 7.70. The maximum Gasteiger partial charge on any atom is 0.214 e. The van der Waals surface area contributed by atoms with Crippen LogP contribution in [0.2, 0.25) is 0 Å². The van der Waals surface area contributed by atoms with E-state index >= 15 is 0 Å². The predicted molar refractivity (Wildman–Crippen MR) is 114 cm³/mol. The van der Waals surface area contributed by atoms with E-state index in [0.29, 0.717) is 26.2 Å². The largest absolute Gasteiger partial charge is 0.357 e. The fourth-order valence-electron chi connectivity index (χ4n) is 3.92. The molecule has 1 unspecified atom stereocenters. The highest BCUT2D eigenvalue weighted by Gasteiger charge is 2.27. The Balaban J connectivity index is 1.61. The van der Waals surface area contributed by atoms with Crippen LogP contribution >= 0.6 is 0 Å². The summed E-state index contributed by atoms with van der Waals surface area (Å²) >= 11 is 0. The van der Waals surface area contributed by atoms with Gasteiger partial charge in [0.1, 0.15) is 0 Å². The fourth-order valence-corrected chi connectivity index (χ4v) is 5.45. The number of rotatable bonds is 8. The number of hydrogen-bond donors (Lipinski definition) is 2. The third-order valence-electron chi connectivity index (χ3n) is 5.39. The van der Waals surface area contributed by atoms with Gasteiger partial charge in [-0.1, -0.05) is 30.3 Å². The molecule has 2 aliphatic heterocycles. The third-order valence-corrected chi connectivity index (χ3v) is 7.35. The Hall–Kier alpha value is -1.64. The molecule has 0 aromatic heterocycles. The van der Waals surface area contributed by atoms with Gasteiger partial charge in [0.15, 0.2) is 5.96 Å². The molecule has 1 aromatic rings. The molecular weight excluding hydrogens is 374 g/mol. The zero-order valence-corrected chi connectivity index (χ0v) is 17.6. The number of likely N-dealkylation sites (tertiary alicyclic amines) is 1. The molecule has 2 saturated heterocycles. The van der Waals surface area contributed by atoms with Crippen molar-refractivity contribution in [2.75, 3.05) is 51.6 Å². The lowest BCUT2D eigenvalue weighted by Gasteiger charge is -2.27. The summed E-state index contributed by atoms with van der Waals surface area (Å²) in [6.07, 6.45) is 3.22. The van der Waals surface area contributed by atoms with Crippen LogP contribution in [0.5, 0.6) is 0 Å². The molecule has 156 valence electrons. The van der Waals surface area contributed by atoms with Crippen molar-refractivity contribution < 1.29 is 8.42 Å². The summed E-state index contributed by atoms with van der Waals surface area (Å²) < 4.78 is 25.4. The Morgan fingerprint density at radius 2 is 1.86 bits per heavy atom. The number of benzene rings is 1. The summed E-state index contributed by atoms with van der Waals surface area (Å²) in [5.74, 6) is 1.02. The highest BCUT2D eigenvalue weighted by atomic mass is 32.2. The van der Waals surface area contributed by atoms with Gasteiger partial charge in [-0.25, -0.2) is 12.7 Å². The van der Waals surface area contributed by atoms with Crippen molar-refractivity contribution in [3.8, 4) is 0 Å². The summed E-state index contributed by atoms with van der Waals surface area (Å²) in [5.41, 5.74) is 1.30. The lowest BCUT2D eigenvalue weighted by molar-refractivity contribution is 0.251. The fraction of sp³-hybridized carbons (Fsp3) is 0.650. The first-order valence-corrected chi connectivity index (χ1v) is 12.0. The summed E-state index contributed by atoms with van der Waals surface area (Å²) in [6, 6.07) is 10.8. The van der Waals surface area contributed by atoms with E-state index in [2.05, 4.69) is 39.8 Å². The van der Waals surface area contributed by atoms with Gasteiger partial charge in [-0.05, 0) is 44.8 Å². The Bertz CT molecular complexity index is 732. The SMILES string of the molecule is CCNC(=NCC(c1ccccc1)N1CCCC1)NCCN1CCCS1(=O)=O. The molecule has 28 heavy (non-hydrogen) atoms. The molecule has 7 nitrogen and oxygen atoms in total. The molecule has 0 aliphatic carbocycles. The topological polar surface area (TPSA) is 77.0 Å². The second-order valence-corrected chi connectivity index (χ2v) is 9.47. The zero-order chi connectivity index (χ0) is 19.8. The van der Waals surface area contributed by atoms with Crippen molar-refractivity contribution in [1.82, 2.24) is 19.8 Å². The minimum Gasteiger partial charge on any atom is -0.357 e. The first-order chi connectivity index (χ1) is 13.6. The van der Waals surface area contributed by atoms with E-state index in [4.69, 9.17) is 4.99 Å². The molecule has 1 aromatic carbocycles. The van der Waals surface area contributed by atoms with E-state index in [0.717, 1.165) is 32.0 Å². The normalized spacial score (nSPS) is 21.7. The van der Waals surface area contributed by atoms with Crippen molar-refractivity contribution in [2.45, 2.75) is 32.2 Å². The Morgan fingerprint density at radius 1 is 1.11 bits per heavy atom. The molecule has 2 N–H and O–H groups in total. The molecule has 2 heterocycles. The molecule has 8 heteroatoms. The van der Waals surface area contributed by atoms with Crippen molar-refractivity contribution in [2.24, 2.45) is 4.99 Å². The van der Waals surface area contributed by atoms with E-state index in [1.807, 2.05) is 13.0 Å². The van der Waals surface area contributed by atoms with Gasteiger partial charge in [-0.3, -0.25) is 9.89 Å². The number of aliphatic imine (C=N–C) groups is 1. The van der Waals surface area contributed by atoms with Crippen molar-refractivity contribution in [3.63, 3.8) is 0 Å². The van der Waals surface area contributed by atoms with Crippen LogP contribution in [0, 0.1) is 0 Å². The molecule has 2 aliphatic rings. The molecule has 0 radical (unpaired) electrons. The maximum atomic E-state index is 11.9. The smallest absolute Gasteiger partial charge is 0.214 e. The van der Waals surface area contributed by atoms with Gasteiger partial charge < -0.3 is 10.6 Å². The summed E-state index contributed by atoms with van der Waals surface area (Å²) in [4.78, 5) is 7.33. The van der Waals surface area contributed by atoms with Crippen molar-refractivity contribution in [1.29, 1.82) is 0 Å². The van der Waals surface area contributed by atoms with Crippen molar-refractivity contribution >= 4 is 16.0 Å². The second kappa shape index (κ2) is 10.2. The summed E-state index contributed by atoms with van der Waals surface area (Å²) in [6.45, 7) is 7.40. The molecule has 0 saturated carbocycles. The molecular formula is C20H33N5O2S. The first kappa shape index (κ1) is 21.1. The molecule has 2 fully saturated rings. The van der Waals surface area contributed by atoms with Gasteiger partial charge >= 0.3 is 0 Å². The monoisotopic (exact) mass is 407 g/mol. The predicted octanol–water partition coefficient (Wildman–Crippen LogP) is 1.41. The first-order valence-electron chi connectivity index (χ1n) is 10.4. The van der Waals surface area contributed by atoms with E-state index in [1.165, 1.54) is 18.4 Å². The average molecular weight is 408 g/mol. The van der Waals surface area contributed by atoms with Gasteiger partial charge in [0.05, 0.1) is 18.3 Å². The quantitative estimate of drug-likeness (QED) is 0.503. The summed E-state index contributed by atoms with van der Waals surface area (Å²) in [7, 11) is -3.04. The zero-order valence-electron chi connectivity index (χ0n) is 16.8. The van der Waals surface area contributed by atoms with Gasteiger partial charge in [-0.2, -0.15) is 0 Å². The van der Waals surface area contributed by atoms with E-state index in [9.17, 15) is 8.42 Å². The maximum absolute atomic E-state index is 11.9. The summed E-state index contributed by atoms with van der Waals surface area (Å²) in [5, 5.41) is 6.58. The molecule has 1 atom stereocenters. The van der Waals surface area contributed by atoms with E-state index in [1.54, 1.807) is 4.31 Å². The van der Waals surface area contributed by atoms with Crippen LogP contribution in [0.15, 0.2) is 35.3 Å². The van der Waals surface area contributed by atoms with Crippen LogP contribution in [-0.4, -0.2) is 75.1 Å². The third kappa shape index (κ3) is 5.68. The van der Waals surface area contributed by atoms with Crippen LogP contribution in [-0.2, 0) is 10.0 Å². The van der Waals surface area contributed by atoms with Crippen LogP contribution in [0.4, 0.5) is 0 Å². The minimum atomic E-state index is -3.04. The number of sulfonamides is 1. The number of nitrogens with zero attached hydrogens (tertiary/aromatic N) is 3. The van der Waals surface area contributed by atoms with Gasteiger partial charge in [0.2, 0.25) is 10.0 Å². The molecule has 3 rings (SSSR count). The van der Waals surface area contributed by atoms with E-state index in [-0.39, 0.29) is 11.8 Å². The standard InChI is InChI=1S/C20H33N5O2S/c1-2-21-20(22-11-15-25-14-8-16-28(25,26)27)23-17-19(24-12-6-7-13-24)18-9-4-3-5-10-18/h3-5,9-10,19H,2,6-8,11-17H2,1H3,(H2,21,22,23). The number of nitrogens with one attached hydrogen (secondary N) is 2. The van der Waals surface area contributed by atoms with Crippen LogP contribution in [0.25, 0.3) is 0 Å². The van der Waals surface area contributed by atoms with Crippen LogP contribution in [0.1, 0.15) is 37.8 Å². The van der Waals surface area contributed by atoms with Gasteiger partial charge in [0, 0.05) is 26.2 Å². The minimum absolute atomic E-state index is 0.274. The lowest BCUT2D eigenvalue weighted by atomic mass is 10.1. The lowest BCUT2D eigenvalue weighted by Crippen LogP contribution is -2.42. The van der Waals surface area contributed by atoms with Crippen LogP contribution in [0.3, 0.4) is 0 Å². The Morgan fingerprint density at radius 3 is 2.50 bits per heavy atom. The molecule has 0 bridgehead atoms. The van der Waals surface area contributed by atoms with E-state index < -0.39 is 10.0 Å². The van der Waals surface area contributed by atoms with Gasteiger partial charge in [-0.15, -0.1) is 0 Å². The highest BCUT2D eigenvalue weighted by Crippen LogP contribution is 2.25. The molecule has 0 amide bonds. The van der Waals surface area contributed by atoms with Crippen molar-refractivity contribution in [3.05, 3.63) is 35.9 Å². The van der Waals surface area contributed by atoms with Crippen LogP contribution < -0.4 is 10.6 Å². The Labute approximate surface area is 169 Å². The van der Waals surface area contributed by atoms with Gasteiger partial charge in [0.25, 0.3) is 0 Å². The number of guanidine groups is 1.